The Kier molecular flexibility index (Phi) is 4.53. The molecule has 0 unspecified atom stereocenters. The molecule has 0 saturated heterocycles. The SMILES string of the molecule is O=C(O)/C=C/c1ccccc1COC1CCCC1. The van der Waals surface area contributed by atoms with Crippen LogP contribution in [0.1, 0.15) is 36.8 Å². The monoisotopic (exact) mass is 246 g/mol. The van der Waals surface area contributed by atoms with Crippen LogP contribution in [0.25, 0.3) is 6.08 Å². The van der Waals surface area contributed by atoms with E-state index in [9.17, 15) is 4.79 Å². The molecule has 3 nitrogen and oxygen atoms in total. The predicted molar refractivity (Wildman–Crippen MR) is 70.2 cm³/mol. The highest BCUT2D eigenvalue weighted by molar-refractivity contribution is 5.85. The average molecular weight is 246 g/mol. The van der Waals surface area contributed by atoms with Crippen molar-refractivity contribution in [3.05, 3.63) is 41.5 Å². The zero-order chi connectivity index (χ0) is 12.8. The van der Waals surface area contributed by atoms with Crippen LogP contribution in [0.15, 0.2) is 30.3 Å². The highest BCUT2D eigenvalue weighted by Crippen LogP contribution is 2.23. The van der Waals surface area contributed by atoms with Crippen LogP contribution >= 0.6 is 0 Å². The molecule has 0 atom stereocenters. The molecule has 1 aliphatic rings. The Hall–Kier alpha value is -1.61. The Balaban J connectivity index is 2.00. The molecular formula is C15H18O3. The summed E-state index contributed by atoms with van der Waals surface area (Å²) in [6, 6.07) is 7.75. The Morgan fingerprint density at radius 1 is 1.33 bits per heavy atom. The molecule has 1 aromatic rings. The number of carbonyl (C=O) groups is 1. The van der Waals surface area contributed by atoms with Crippen molar-refractivity contribution in [3.8, 4) is 0 Å². The number of rotatable bonds is 5. The number of ether oxygens (including phenoxy) is 1. The topological polar surface area (TPSA) is 46.5 Å². The molecule has 1 aromatic carbocycles. The summed E-state index contributed by atoms with van der Waals surface area (Å²) in [4.78, 5) is 10.5. The molecule has 0 spiro atoms. The summed E-state index contributed by atoms with van der Waals surface area (Å²) in [6.45, 7) is 0.560. The van der Waals surface area contributed by atoms with Gasteiger partial charge in [0, 0.05) is 6.08 Å². The third-order valence-electron chi connectivity index (χ3n) is 3.24. The van der Waals surface area contributed by atoms with E-state index in [4.69, 9.17) is 9.84 Å². The number of benzene rings is 1. The molecule has 0 aromatic heterocycles. The van der Waals surface area contributed by atoms with Gasteiger partial charge < -0.3 is 9.84 Å². The van der Waals surface area contributed by atoms with E-state index >= 15 is 0 Å². The minimum Gasteiger partial charge on any atom is -0.478 e. The summed E-state index contributed by atoms with van der Waals surface area (Å²) in [5.41, 5.74) is 1.96. The number of carboxylic acid groups (broad SMARTS) is 1. The van der Waals surface area contributed by atoms with Gasteiger partial charge in [0.2, 0.25) is 0 Å². The second-order valence-electron chi connectivity index (χ2n) is 4.59. The number of carboxylic acids is 1. The molecular weight excluding hydrogens is 228 g/mol. The number of aliphatic carboxylic acids is 1. The quantitative estimate of drug-likeness (QED) is 0.811. The lowest BCUT2D eigenvalue weighted by atomic mass is 10.1. The lowest BCUT2D eigenvalue weighted by Crippen LogP contribution is -2.07. The van der Waals surface area contributed by atoms with Crippen LogP contribution < -0.4 is 0 Å². The van der Waals surface area contributed by atoms with Gasteiger partial charge in [0.05, 0.1) is 12.7 Å². The van der Waals surface area contributed by atoms with Crippen molar-refractivity contribution in [2.75, 3.05) is 0 Å². The van der Waals surface area contributed by atoms with Gasteiger partial charge in [-0.3, -0.25) is 0 Å². The van der Waals surface area contributed by atoms with Gasteiger partial charge in [-0.05, 0) is 30.0 Å². The summed E-state index contributed by atoms with van der Waals surface area (Å²) >= 11 is 0. The van der Waals surface area contributed by atoms with Gasteiger partial charge in [-0.1, -0.05) is 37.1 Å². The molecule has 0 bridgehead atoms. The zero-order valence-corrected chi connectivity index (χ0v) is 10.3. The molecule has 3 heteroatoms. The Bertz CT molecular complexity index is 431. The third-order valence-corrected chi connectivity index (χ3v) is 3.24. The molecule has 1 N–H and O–H groups in total. The lowest BCUT2D eigenvalue weighted by Gasteiger charge is -2.12. The van der Waals surface area contributed by atoms with Crippen LogP contribution in [0.4, 0.5) is 0 Å². The summed E-state index contributed by atoms with van der Waals surface area (Å²) in [5, 5.41) is 8.65. The molecule has 1 fully saturated rings. The Morgan fingerprint density at radius 3 is 2.78 bits per heavy atom. The first-order valence-corrected chi connectivity index (χ1v) is 6.36. The Labute approximate surface area is 107 Å². The maximum atomic E-state index is 10.5. The highest BCUT2D eigenvalue weighted by atomic mass is 16.5. The summed E-state index contributed by atoms with van der Waals surface area (Å²) < 4.78 is 5.86. The second-order valence-corrected chi connectivity index (χ2v) is 4.59. The first kappa shape index (κ1) is 12.8. The van der Waals surface area contributed by atoms with E-state index in [1.54, 1.807) is 6.08 Å². The van der Waals surface area contributed by atoms with Gasteiger partial charge in [0.15, 0.2) is 0 Å². The van der Waals surface area contributed by atoms with Crippen molar-refractivity contribution in [2.45, 2.75) is 38.4 Å². The van der Waals surface area contributed by atoms with Crippen molar-refractivity contribution in [1.29, 1.82) is 0 Å². The van der Waals surface area contributed by atoms with Crippen LogP contribution in [0.5, 0.6) is 0 Å². The van der Waals surface area contributed by atoms with E-state index in [1.165, 1.54) is 12.8 Å². The predicted octanol–water partition coefficient (Wildman–Crippen LogP) is 3.24. The van der Waals surface area contributed by atoms with E-state index < -0.39 is 5.97 Å². The van der Waals surface area contributed by atoms with E-state index in [-0.39, 0.29) is 0 Å². The largest absolute Gasteiger partial charge is 0.478 e. The van der Waals surface area contributed by atoms with E-state index in [1.807, 2.05) is 24.3 Å². The van der Waals surface area contributed by atoms with Crippen molar-refractivity contribution < 1.29 is 14.6 Å². The summed E-state index contributed by atoms with van der Waals surface area (Å²) in [5.74, 6) is -0.929. The van der Waals surface area contributed by atoms with E-state index in [0.29, 0.717) is 12.7 Å². The van der Waals surface area contributed by atoms with Crippen LogP contribution in [-0.4, -0.2) is 17.2 Å². The fourth-order valence-corrected chi connectivity index (χ4v) is 2.25. The lowest BCUT2D eigenvalue weighted by molar-refractivity contribution is -0.131. The molecule has 1 saturated carbocycles. The average Bonchev–Trinajstić information content (AvgIpc) is 2.88. The number of hydrogen-bond donors (Lipinski definition) is 1. The Morgan fingerprint density at radius 2 is 2.06 bits per heavy atom. The molecule has 0 amide bonds. The van der Waals surface area contributed by atoms with Crippen LogP contribution in [0.2, 0.25) is 0 Å². The minimum atomic E-state index is -0.929. The summed E-state index contributed by atoms with van der Waals surface area (Å²) in [7, 11) is 0. The van der Waals surface area contributed by atoms with Gasteiger partial charge in [-0.25, -0.2) is 4.79 Å². The fourth-order valence-electron chi connectivity index (χ4n) is 2.25. The van der Waals surface area contributed by atoms with Gasteiger partial charge in [0.25, 0.3) is 0 Å². The number of hydrogen-bond acceptors (Lipinski definition) is 2. The second kappa shape index (κ2) is 6.36. The maximum absolute atomic E-state index is 10.5. The molecule has 1 aliphatic carbocycles. The first-order chi connectivity index (χ1) is 8.75. The molecule has 96 valence electrons. The highest BCUT2D eigenvalue weighted by Gasteiger charge is 2.15. The zero-order valence-electron chi connectivity index (χ0n) is 10.3. The standard InChI is InChI=1S/C15H18O3/c16-15(17)10-9-12-5-1-2-6-13(12)11-18-14-7-3-4-8-14/h1-2,5-6,9-10,14H,3-4,7-8,11H2,(H,16,17)/b10-9+. The van der Waals surface area contributed by atoms with Gasteiger partial charge in [-0.15, -0.1) is 0 Å². The molecule has 0 radical (unpaired) electrons. The van der Waals surface area contributed by atoms with Gasteiger partial charge >= 0.3 is 5.97 Å². The normalized spacial score (nSPS) is 16.4. The smallest absolute Gasteiger partial charge is 0.328 e. The van der Waals surface area contributed by atoms with Crippen molar-refractivity contribution >= 4 is 12.0 Å². The van der Waals surface area contributed by atoms with Crippen molar-refractivity contribution in [1.82, 2.24) is 0 Å². The minimum absolute atomic E-state index is 0.376. The maximum Gasteiger partial charge on any atom is 0.328 e. The van der Waals surface area contributed by atoms with Crippen molar-refractivity contribution in [2.24, 2.45) is 0 Å². The molecule has 0 aliphatic heterocycles. The van der Waals surface area contributed by atoms with Crippen LogP contribution in [0, 0.1) is 0 Å². The van der Waals surface area contributed by atoms with E-state index in [2.05, 4.69) is 0 Å². The van der Waals surface area contributed by atoms with Crippen molar-refractivity contribution in [3.63, 3.8) is 0 Å². The summed E-state index contributed by atoms with van der Waals surface area (Å²) in [6.07, 6.45) is 7.96. The third kappa shape index (κ3) is 3.70. The molecule has 18 heavy (non-hydrogen) atoms. The van der Waals surface area contributed by atoms with Crippen LogP contribution in [0.3, 0.4) is 0 Å². The molecule has 2 rings (SSSR count). The van der Waals surface area contributed by atoms with Gasteiger partial charge in [-0.2, -0.15) is 0 Å². The first-order valence-electron chi connectivity index (χ1n) is 6.36. The van der Waals surface area contributed by atoms with Gasteiger partial charge in [0.1, 0.15) is 0 Å². The van der Waals surface area contributed by atoms with Crippen LogP contribution in [-0.2, 0) is 16.1 Å². The van der Waals surface area contributed by atoms with E-state index in [0.717, 1.165) is 30.0 Å². The fraction of sp³-hybridized carbons (Fsp3) is 0.400. The molecule has 0 heterocycles.